The van der Waals surface area contributed by atoms with Crippen LogP contribution in [-0.2, 0) is 4.74 Å². The van der Waals surface area contributed by atoms with Crippen LogP contribution in [0.1, 0.15) is 23.3 Å². The number of carbonyl (C=O) groups is 1. The lowest BCUT2D eigenvalue weighted by Crippen LogP contribution is -2.19. The van der Waals surface area contributed by atoms with Crippen molar-refractivity contribution in [2.75, 3.05) is 23.8 Å². The van der Waals surface area contributed by atoms with Gasteiger partial charge in [0.25, 0.3) is 5.91 Å². The molecule has 0 saturated carbocycles. The lowest BCUT2D eigenvalue weighted by atomic mass is 10.2. The van der Waals surface area contributed by atoms with Gasteiger partial charge in [0, 0.05) is 24.7 Å². The van der Waals surface area contributed by atoms with Crippen LogP contribution < -0.4 is 10.6 Å². The summed E-state index contributed by atoms with van der Waals surface area (Å²) in [5.41, 5.74) is 1.64. The van der Waals surface area contributed by atoms with E-state index in [1.54, 1.807) is 12.4 Å². The first-order chi connectivity index (χ1) is 12.8. The molecule has 2 N–H and O–H groups in total. The van der Waals surface area contributed by atoms with Gasteiger partial charge in [0.05, 0.1) is 29.7 Å². The first-order valence-electron chi connectivity index (χ1n) is 8.62. The zero-order valence-corrected chi connectivity index (χ0v) is 14.2. The summed E-state index contributed by atoms with van der Waals surface area (Å²) in [4.78, 5) is 25.2. The van der Waals surface area contributed by atoms with Crippen LogP contribution in [0.3, 0.4) is 0 Å². The summed E-state index contributed by atoms with van der Waals surface area (Å²) in [7, 11) is 0. The maximum absolute atomic E-state index is 12.5. The van der Waals surface area contributed by atoms with Gasteiger partial charge in [-0.2, -0.15) is 0 Å². The molecule has 1 aliphatic heterocycles. The minimum absolute atomic E-state index is 0.221. The molecule has 0 radical (unpaired) electrons. The summed E-state index contributed by atoms with van der Waals surface area (Å²) in [6.45, 7) is 1.52. The van der Waals surface area contributed by atoms with E-state index in [1.165, 1.54) is 6.20 Å². The molecule has 1 aromatic carbocycles. The molecular weight excluding hydrogens is 330 g/mol. The largest absolute Gasteiger partial charge is 0.376 e. The smallest absolute Gasteiger partial charge is 0.275 e. The molecule has 7 nitrogen and oxygen atoms in total. The molecule has 1 fully saturated rings. The van der Waals surface area contributed by atoms with Crippen molar-refractivity contribution in [1.82, 2.24) is 15.0 Å². The van der Waals surface area contributed by atoms with Gasteiger partial charge in [-0.05, 0) is 25.0 Å². The molecule has 0 spiro atoms. The molecule has 3 heterocycles. The molecule has 26 heavy (non-hydrogen) atoms. The Kier molecular flexibility index (Phi) is 4.70. The van der Waals surface area contributed by atoms with Crippen LogP contribution in [0.25, 0.3) is 10.9 Å². The minimum Gasteiger partial charge on any atom is -0.376 e. The van der Waals surface area contributed by atoms with E-state index in [2.05, 4.69) is 25.6 Å². The van der Waals surface area contributed by atoms with Gasteiger partial charge in [0.1, 0.15) is 11.5 Å². The van der Waals surface area contributed by atoms with Gasteiger partial charge in [-0.1, -0.05) is 18.2 Å². The number of rotatable bonds is 5. The highest BCUT2D eigenvalue weighted by atomic mass is 16.5. The van der Waals surface area contributed by atoms with E-state index < -0.39 is 0 Å². The average molecular weight is 349 g/mol. The molecule has 1 atom stereocenters. The minimum atomic E-state index is -0.318. The monoisotopic (exact) mass is 349 g/mol. The number of carbonyl (C=O) groups excluding carboxylic acids is 1. The SMILES string of the molecule is O=C(Nc1cccc2cccnc12)c1cnc(NCC2CCCO2)cn1. The average Bonchev–Trinajstić information content (AvgIpc) is 3.21. The highest BCUT2D eigenvalue weighted by Crippen LogP contribution is 2.21. The second-order valence-electron chi connectivity index (χ2n) is 6.14. The third-order valence-corrected chi connectivity index (χ3v) is 4.30. The van der Waals surface area contributed by atoms with E-state index in [9.17, 15) is 4.79 Å². The predicted octanol–water partition coefficient (Wildman–Crippen LogP) is 2.87. The second-order valence-corrected chi connectivity index (χ2v) is 6.14. The molecule has 0 aliphatic carbocycles. The number of hydrogen-bond donors (Lipinski definition) is 2. The quantitative estimate of drug-likeness (QED) is 0.736. The molecule has 4 rings (SSSR count). The number of amides is 1. The highest BCUT2D eigenvalue weighted by molar-refractivity contribution is 6.07. The van der Waals surface area contributed by atoms with Crippen molar-refractivity contribution < 1.29 is 9.53 Å². The van der Waals surface area contributed by atoms with Crippen molar-refractivity contribution in [3.63, 3.8) is 0 Å². The summed E-state index contributed by atoms with van der Waals surface area (Å²) in [5, 5.41) is 7.00. The molecular formula is C19H19N5O2. The molecule has 3 aromatic rings. The Bertz CT molecular complexity index is 902. The first-order valence-corrected chi connectivity index (χ1v) is 8.62. The molecule has 1 saturated heterocycles. The van der Waals surface area contributed by atoms with E-state index >= 15 is 0 Å². The fourth-order valence-electron chi connectivity index (χ4n) is 2.95. The van der Waals surface area contributed by atoms with Gasteiger partial charge in [0.2, 0.25) is 0 Å². The second kappa shape index (κ2) is 7.45. The Morgan fingerprint density at radius 1 is 1.15 bits per heavy atom. The van der Waals surface area contributed by atoms with Crippen molar-refractivity contribution >= 4 is 28.3 Å². The Hall–Kier alpha value is -3.06. The third kappa shape index (κ3) is 3.62. The summed E-state index contributed by atoms with van der Waals surface area (Å²) < 4.78 is 5.56. The number of aromatic nitrogens is 3. The number of pyridine rings is 1. The van der Waals surface area contributed by atoms with E-state index in [-0.39, 0.29) is 17.7 Å². The molecule has 1 aliphatic rings. The van der Waals surface area contributed by atoms with Crippen LogP contribution in [0.2, 0.25) is 0 Å². The van der Waals surface area contributed by atoms with E-state index in [4.69, 9.17) is 4.74 Å². The van der Waals surface area contributed by atoms with Crippen molar-refractivity contribution in [3.8, 4) is 0 Å². The molecule has 2 aromatic heterocycles. The van der Waals surface area contributed by atoms with Gasteiger partial charge in [-0.25, -0.2) is 9.97 Å². The third-order valence-electron chi connectivity index (χ3n) is 4.30. The molecule has 1 amide bonds. The van der Waals surface area contributed by atoms with Crippen molar-refractivity contribution in [2.45, 2.75) is 18.9 Å². The normalized spacial score (nSPS) is 16.5. The van der Waals surface area contributed by atoms with Crippen molar-refractivity contribution in [3.05, 3.63) is 54.6 Å². The van der Waals surface area contributed by atoms with Crippen LogP contribution >= 0.6 is 0 Å². The van der Waals surface area contributed by atoms with Crippen LogP contribution in [0.4, 0.5) is 11.5 Å². The number of nitrogens with one attached hydrogen (secondary N) is 2. The van der Waals surface area contributed by atoms with Crippen LogP contribution in [0, 0.1) is 0 Å². The number of nitrogens with zero attached hydrogens (tertiary/aromatic N) is 3. The Balaban J connectivity index is 1.42. The Morgan fingerprint density at radius 3 is 2.88 bits per heavy atom. The van der Waals surface area contributed by atoms with Gasteiger partial charge in [-0.3, -0.25) is 9.78 Å². The zero-order chi connectivity index (χ0) is 17.8. The Morgan fingerprint density at radius 2 is 2.08 bits per heavy atom. The summed E-state index contributed by atoms with van der Waals surface area (Å²) >= 11 is 0. The van der Waals surface area contributed by atoms with Crippen LogP contribution in [0.5, 0.6) is 0 Å². The number of benzene rings is 1. The number of hydrogen-bond acceptors (Lipinski definition) is 6. The Labute approximate surface area is 150 Å². The zero-order valence-electron chi connectivity index (χ0n) is 14.2. The van der Waals surface area contributed by atoms with E-state index in [0.29, 0.717) is 18.1 Å². The van der Waals surface area contributed by atoms with E-state index in [1.807, 2.05) is 30.3 Å². The molecule has 1 unspecified atom stereocenters. The highest BCUT2D eigenvalue weighted by Gasteiger charge is 2.15. The first kappa shape index (κ1) is 16.4. The van der Waals surface area contributed by atoms with Gasteiger partial charge in [-0.15, -0.1) is 0 Å². The molecule has 132 valence electrons. The summed E-state index contributed by atoms with van der Waals surface area (Å²) in [5.74, 6) is 0.310. The summed E-state index contributed by atoms with van der Waals surface area (Å²) in [6, 6.07) is 9.46. The van der Waals surface area contributed by atoms with E-state index in [0.717, 1.165) is 30.4 Å². The number of fused-ring (bicyclic) bond motifs is 1. The lowest BCUT2D eigenvalue weighted by Gasteiger charge is -2.11. The topological polar surface area (TPSA) is 89.0 Å². The van der Waals surface area contributed by atoms with Gasteiger partial charge in [0.15, 0.2) is 0 Å². The van der Waals surface area contributed by atoms with Crippen LogP contribution in [0.15, 0.2) is 48.9 Å². The molecule has 7 heteroatoms. The molecule has 0 bridgehead atoms. The number of para-hydroxylation sites is 1. The maximum Gasteiger partial charge on any atom is 0.275 e. The predicted molar refractivity (Wildman–Crippen MR) is 99.2 cm³/mol. The van der Waals surface area contributed by atoms with Gasteiger partial charge >= 0.3 is 0 Å². The fourth-order valence-corrected chi connectivity index (χ4v) is 2.95. The van der Waals surface area contributed by atoms with Crippen molar-refractivity contribution in [1.29, 1.82) is 0 Å². The number of ether oxygens (including phenoxy) is 1. The van der Waals surface area contributed by atoms with Gasteiger partial charge < -0.3 is 15.4 Å². The number of anilines is 2. The fraction of sp³-hybridized carbons (Fsp3) is 0.263. The maximum atomic E-state index is 12.5. The standard InChI is InChI=1S/C19H19N5O2/c25-19(24-15-7-1-4-13-5-2-8-20-18(13)15)16-11-23-17(12-21-16)22-10-14-6-3-9-26-14/h1-2,4-5,7-8,11-12,14H,3,6,9-10H2,(H,22,23)(H,24,25). The summed E-state index contributed by atoms with van der Waals surface area (Å²) in [6.07, 6.45) is 7.10. The lowest BCUT2D eigenvalue weighted by molar-refractivity contribution is 0.102. The van der Waals surface area contributed by atoms with Crippen molar-refractivity contribution in [2.24, 2.45) is 0 Å². The van der Waals surface area contributed by atoms with Crippen LogP contribution in [-0.4, -0.2) is 40.1 Å².